The SMILES string of the molecule is CCN(c1nc(-c2cc(F)cc(OCC(C)C)c2)ccc1C(=O)NS(=O)(=O)c1ccn[nH]1)C(C)C.[HH]. The number of halogens is 1. The van der Waals surface area contributed by atoms with Crippen LogP contribution >= 0.6 is 0 Å². The first kappa shape index (κ1) is 26.1. The van der Waals surface area contributed by atoms with Crippen molar-refractivity contribution >= 4 is 21.7 Å². The second kappa shape index (κ2) is 10.9. The quantitative estimate of drug-likeness (QED) is 0.423. The Morgan fingerprint density at radius 1 is 1.20 bits per heavy atom. The van der Waals surface area contributed by atoms with Gasteiger partial charge in [0, 0.05) is 25.6 Å². The molecule has 0 aliphatic heterocycles. The number of nitrogens with zero attached hydrogens (tertiary/aromatic N) is 3. The lowest BCUT2D eigenvalue weighted by molar-refractivity contribution is 0.0981. The Bertz CT molecular complexity index is 1280. The van der Waals surface area contributed by atoms with Crippen molar-refractivity contribution in [3.8, 4) is 17.0 Å². The third kappa shape index (κ3) is 6.36. The van der Waals surface area contributed by atoms with Crippen LogP contribution in [-0.2, 0) is 10.0 Å². The van der Waals surface area contributed by atoms with Gasteiger partial charge < -0.3 is 9.64 Å². The zero-order chi connectivity index (χ0) is 25.8. The lowest BCUT2D eigenvalue weighted by Gasteiger charge is -2.28. The number of benzene rings is 1. The Kier molecular flexibility index (Phi) is 8.11. The lowest BCUT2D eigenvalue weighted by atomic mass is 10.1. The van der Waals surface area contributed by atoms with Crippen molar-refractivity contribution in [1.82, 2.24) is 19.9 Å². The Morgan fingerprint density at radius 3 is 2.54 bits per heavy atom. The summed E-state index contributed by atoms with van der Waals surface area (Å²) in [7, 11) is -4.15. The number of carbonyl (C=O) groups is 1. The van der Waals surface area contributed by atoms with Crippen LogP contribution in [0.4, 0.5) is 10.2 Å². The van der Waals surface area contributed by atoms with Gasteiger partial charge in [0.15, 0.2) is 5.03 Å². The molecule has 0 fully saturated rings. The van der Waals surface area contributed by atoms with Gasteiger partial charge in [-0.1, -0.05) is 13.8 Å². The van der Waals surface area contributed by atoms with Crippen LogP contribution in [0, 0.1) is 11.7 Å². The molecule has 3 rings (SSSR count). The van der Waals surface area contributed by atoms with E-state index in [0.717, 1.165) is 0 Å². The Balaban J connectivity index is 0.00000456. The fourth-order valence-corrected chi connectivity index (χ4v) is 4.32. The second-order valence-corrected chi connectivity index (χ2v) is 10.3. The summed E-state index contributed by atoms with van der Waals surface area (Å²) in [4.78, 5) is 19.6. The number of rotatable bonds is 10. The van der Waals surface area contributed by atoms with E-state index < -0.39 is 21.7 Å². The average molecular weight is 506 g/mol. The molecule has 190 valence electrons. The van der Waals surface area contributed by atoms with E-state index in [2.05, 4.69) is 19.9 Å². The standard InChI is InChI=1S/C24H30FN5O4S.H2/c1-6-30(16(4)5)23-20(24(31)29-35(32,33)22-9-10-26-28-22)7-8-21(27-23)17-11-18(25)13-19(12-17)34-14-15(2)3;/h7-13,15-16H,6,14H2,1-5H3,(H,26,28)(H,29,31);1H. The first-order valence-corrected chi connectivity index (χ1v) is 12.8. The second-order valence-electron chi connectivity index (χ2n) is 8.68. The lowest BCUT2D eigenvalue weighted by Crippen LogP contribution is -2.36. The fraction of sp³-hybridized carbons (Fsp3) is 0.375. The van der Waals surface area contributed by atoms with Gasteiger partial charge in [0.05, 0.1) is 24.1 Å². The maximum Gasteiger partial charge on any atom is 0.281 e. The molecule has 0 unspecified atom stereocenters. The Morgan fingerprint density at radius 2 is 1.94 bits per heavy atom. The highest BCUT2D eigenvalue weighted by molar-refractivity contribution is 7.90. The van der Waals surface area contributed by atoms with Crippen LogP contribution in [0.3, 0.4) is 0 Å². The molecular formula is C24H32FN5O4S. The zero-order valence-electron chi connectivity index (χ0n) is 20.4. The number of pyridine rings is 1. The van der Waals surface area contributed by atoms with Crippen LogP contribution < -0.4 is 14.4 Å². The molecule has 2 aromatic heterocycles. The number of sulfonamides is 1. The normalized spacial score (nSPS) is 11.7. The summed E-state index contributed by atoms with van der Waals surface area (Å²) in [5, 5.41) is 5.71. The number of anilines is 1. The molecule has 0 spiro atoms. The highest BCUT2D eigenvalue weighted by Gasteiger charge is 2.25. The van der Waals surface area contributed by atoms with Gasteiger partial charge in [-0.2, -0.15) is 13.5 Å². The van der Waals surface area contributed by atoms with Gasteiger partial charge in [0.25, 0.3) is 15.9 Å². The molecule has 9 nitrogen and oxygen atoms in total. The monoisotopic (exact) mass is 505 g/mol. The first-order valence-electron chi connectivity index (χ1n) is 11.3. The summed E-state index contributed by atoms with van der Waals surface area (Å²) in [6.07, 6.45) is 1.27. The van der Waals surface area contributed by atoms with Crippen molar-refractivity contribution in [1.29, 1.82) is 0 Å². The number of aromatic nitrogens is 3. The number of amides is 1. The van der Waals surface area contributed by atoms with Crippen molar-refractivity contribution in [3.05, 3.63) is 54.0 Å². The van der Waals surface area contributed by atoms with E-state index >= 15 is 0 Å². The van der Waals surface area contributed by atoms with Crippen molar-refractivity contribution in [2.75, 3.05) is 18.1 Å². The summed E-state index contributed by atoms with van der Waals surface area (Å²) in [6, 6.07) is 8.56. The molecule has 0 saturated heterocycles. The number of carbonyl (C=O) groups excluding carboxylic acids is 1. The highest BCUT2D eigenvalue weighted by Crippen LogP contribution is 2.29. The number of hydrogen-bond acceptors (Lipinski definition) is 7. The number of H-pyrrole nitrogens is 1. The minimum Gasteiger partial charge on any atom is -0.493 e. The van der Waals surface area contributed by atoms with E-state index in [-0.39, 0.29) is 29.8 Å². The smallest absolute Gasteiger partial charge is 0.281 e. The van der Waals surface area contributed by atoms with Gasteiger partial charge in [0.1, 0.15) is 17.4 Å². The molecule has 0 saturated carbocycles. The minimum atomic E-state index is -4.15. The molecule has 11 heteroatoms. The fourth-order valence-electron chi connectivity index (χ4n) is 3.45. The van der Waals surface area contributed by atoms with Gasteiger partial charge >= 0.3 is 0 Å². The summed E-state index contributed by atoms with van der Waals surface area (Å²) < 4.78 is 47.2. The minimum absolute atomic E-state index is 0. The maximum absolute atomic E-state index is 14.4. The van der Waals surface area contributed by atoms with Gasteiger partial charge in [-0.15, -0.1) is 0 Å². The van der Waals surface area contributed by atoms with E-state index in [0.29, 0.717) is 30.2 Å². The van der Waals surface area contributed by atoms with Crippen LogP contribution in [0.5, 0.6) is 5.75 Å². The molecule has 0 bridgehead atoms. The number of nitrogens with one attached hydrogen (secondary N) is 2. The number of aromatic amines is 1. The Labute approximate surface area is 206 Å². The molecule has 3 aromatic rings. The third-order valence-electron chi connectivity index (χ3n) is 5.10. The molecule has 1 amide bonds. The predicted molar refractivity (Wildman–Crippen MR) is 133 cm³/mol. The van der Waals surface area contributed by atoms with E-state index in [1.54, 1.807) is 12.1 Å². The molecule has 2 heterocycles. The molecule has 0 aliphatic carbocycles. The van der Waals surface area contributed by atoms with Gasteiger partial charge in [-0.05, 0) is 57.0 Å². The van der Waals surface area contributed by atoms with E-state index in [1.165, 1.54) is 30.5 Å². The van der Waals surface area contributed by atoms with E-state index in [1.807, 2.05) is 39.5 Å². The summed E-state index contributed by atoms with van der Waals surface area (Å²) in [5.41, 5.74) is 0.961. The summed E-state index contributed by atoms with van der Waals surface area (Å²) in [6.45, 7) is 10.7. The molecule has 0 aliphatic rings. The highest BCUT2D eigenvalue weighted by atomic mass is 32.2. The molecule has 0 atom stereocenters. The Hall–Kier alpha value is -3.47. The van der Waals surface area contributed by atoms with E-state index in [4.69, 9.17) is 4.74 Å². The predicted octanol–water partition coefficient (Wildman–Crippen LogP) is 4.25. The molecule has 35 heavy (non-hydrogen) atoms. The maximum atomic E-state index is 14.4. The van der Waals surface area contributed by atoms with Crippen LogP contribution in [0.15, 0.2) is 47.6 Å². The van der Waals surface area contributed by atoms with Crippen LogP contribution in [0.1, 0.15) is 46.4 Å². The van der Waals surface area contributed by atoms with Crippen molar-refractivity contribution in [2.45, 2.75) is 45.7 Å². The zero-order valence-corrected chi connectivity index (χ0v) is 21.2. The average Bonchev–Trinajstić information content (AvgIpc) is 3.33. The topological polar surface area (TPSA) is 117 Å². The van der Waals surface area contributed by atoms with Gasteiger partial charge in [-0.25, -0.2) is 14.1 Å². The molecule has 0 radical (unpaired) electrons. The largest absolute Gasteiger partial charge is 0.493 e. The van der Waals surface area contributed by atoms with Crippen LogP contribution in [0.2, 0.25) is 0 Å². The molecule has 2 N–H and O–H groups in total. The van der Waals surface area contributed by atoms with Crippen LogP contribution in [-0.4, -0.2) is 48.7 Å². The third-order valence-corrected chi connectivity index (χ3v) is 6.36. The van der Waals surface area contributed by atoms with Gasteiger partial charge in [-0.3, -0.25) is 9.89 Å². The summed E-state index contributed by atoms with van der Waals surface area (Å²) in [5.74, 6) is -0.389. The van der Waals surface area contributed by atoms with Gasteiger partial charge in [0.2, 0.25) is 0 Å². The van der Waals surface area contributed by atoms with Crippen molar-refractivity contribution < 1.29 is 23.8 Å². The van der Waals surface area contributed by atoms with E-state index in [9.17, 15) is 17.6 Å². The first-order chi connectivity index (χ1) is 16.5. The van der Waals surface area contributed by atoms with Crippen molar-refractivity contribution in [3.63, 3.8) is 0 Å². The van der Waals surface area contributed by atoms with Crippen molar-refractivity contribution in [2.24, 2.45) is 5.92 Å². The molecular weight excluding hydrogens is 473 g/mol. The number of ether oxygens (including phenoxy) is 1. The summed E-state index contributed by atoms with van der Waals surface area (Å²) >= 11 is 0. The number of hydrogen-bond donors (Lipinski definition) is 2. The molecule has 1 aromatic carbocycles. The van der Waals surface area contributed by atoms with Crippen LogP contribution in [0.25, 0.3) is 11.3 Å².